The van der Waals surface area contributed by atoms with Crippen molar-refractivity contribution < 1.29 is 18.3 Å². The number of hydrogen-bond acceptors (Lipinski definition) is 3. The van der Waals surface area contributed by atoms with Crippen molar-refractivity contribution in [1.29, 1.82) is 0 Å². The van der Waals surface area contributed by atoms with Crippen LogP contribution in [-0.2, 0) is 14.6 Å². The van der Waals surface area contributed by atoms with Crippen molar-refractivity contribution in [2.24, 2.45) is 0 Å². The summed E-state index contributed by atoms with van der Waals surface area (Å²) in [6, 6.07) is 6.52. The molecule has 0 heterocycles. The molecule has 0 radical (unpaired) electrons. The topological polar surface area (TPSA) is 71.4 Å². The van der Waals surface area contributed by atoms with Gasteiger partial charge in [-0.05, 0) is 30.5 Å². The van der Waals surface area contributed by atoms with Crippen LogP contribution >= 0.6 is 11.6 Å². The van der Waals surface area contributed by atoms with Gasteiger partial charge < -0.3 is 5.11 Å². The van der Waals surface area contributed by atoms with Gasteiger partial charge in [0.25, 0.3) is 0 Å². The molecule has 1 aromatic carbocycles. The lowest BCUT2D eigenvalue weighted by molar-refractivity contribution is -0.138. The Labute approximate surface area is 118 Å². The summed E-state index contributed by atoms with van der Waals surface area (Å²) >= 11 is 5.82. The van der Waals surface area contributed by atoms with Crippen LogP contribution in [-0.4, -0.2) is 31.0 Å². The molecule has 0 aliphatic heterocycles. The summed E-state index contributed by atoms with van der Waals surface area (Å²) in [7, 11) is -3.17. The normalized spacial score (nSPS) is 13.2. The highest BCUT2D eigenvalue weighted by Gasteiger charge is 2.22. The molecule has 6 heteroatoms. The average Bonchev–Trinajstić information content (AvgIpc) is 2.28. The third-order valence-corrected chi connectivity index (χ3v) is 4.90. The second kappa shape index (κ2) is 6.91. The second-order valence-corrected chi connectivity index (χ2v) is 7.13. The second-order valence-electron chi connectivity index (χ2n) is 4.39. The lowest BCUT2D eigenvalue weighted by atomic mass is 9.97. The minimum atomic E-state index is -3.17. The molecule has 0 spiro atoms. The first-order valence-electron chi connectivity index (χ1n) is 6.04. The maximum Gasteiger partial charge on any atom is 0.311 e. The minimum absolute atomic E-state index is 0.0675. The van der Waals surface area contributed by atoms with Crippen molar-refractivity contribution in [3.8, 4) is 0 Å². The Kier molecular flexibility index (Phi) is 5.82. The standard InChI is InChI=1S/C13H17ClO4S/c1-2-7-19(17,18)8-6-12(13(15)16)10-4-3-5-11(14)9-10/h3-5,9,12H,2,6-8H2,1H3,(H,15,16). The molecule has 0 aromatic heterocycles. The van der Waals surface area contributed by atoms with E-state index in [-0.39, 0.29) is 17.9 Å². The minimum Gasteiger partial charge on any atom is -0.481 e. The van der Waals surface area contributed by atoms with Gasteiger partial charge in [-0.2, -0.15) is 0 Å². The number of carboxylic acid groups (broad SMARTS) is 1. The molecule has 1 aromatic rings. The largest absolute Gasteiger partial charge is 0.481 e. The first-order valence-corrected chi connectivity index (χ1v) is 8.24. The predicted octanol–water partition coefficient (Wildman–Crippen LogP) is 2.72. The summed E-state index contributed by atoms with van der Waals surface area (Å²) in [6.45, 7) is 1.78. The molecule has 0 saturated heterocycles. The monoisotopic (exact) mass is 304 g/mol. The Morgan fingerprint density at radius 3 is 2.58 bits per heavy atom. The van der Waals surface area contributed by atoms with Crippen LogP contribution in [0.15, 0.2) is 24.3 Å². The fourth-order valence-corrected chi connectivity index (χ4v) is 3.49. The lowest BCUT2D eigenvalue weighted by Crippen LogP contribution is -2.18. The van der Waals surface area contributed by atoms with Crippen LogP contribution in [0.1, 0.15) is 31.2 Å². The van der Waals surface area contributed by atoms with Gasteiger partial charge in [0, 0.05) is 10.8 Å². The molecular formula is C13H17ClO4S. The van der Waals surface area contributed by atoms with E-state index in [0.717, 1.165) is 0 Å². The molecule has 1 N–H and O–H groups in total. The number of hydrogen-bond donors (Lipinski definition) is 1. The fraction of sp³-hybridized carbons (Fsp3) is 0.462. The molecule has 0 bridgehead atoms. The van der Waals surface area contributed by atoms with Crippen LogP contribution < -0.4 is 0 Å². The first-order chi connectivity index (χ1) is 8.85. The number of halogens is 1. The molecule has 0 aliphatic carbocycles. The van der Waals surface area contributed by atoms with Gasteiger partial charge in [0.2, 0.25) is 0 Å². The predicted molar refractivity (Wildman–Crippen MR) is 75.4 cm³/mol. The third-order valence-electron chi connectivity index (χ3n) is 2.78. The first kappa shape index (κ1) is 16.0. The summed E-state index contributed by atoms with van der Waals surface area (Å²) in [5.41, 5.74) is 0.534. The molecule has 0 aliphatic rings. The van der Waals surface area contributed by atoms with Crippen LogP contribution in [0.25, 0.3) is 0 Å². The zero-order valence-electron chi connectivity index (χ0n) is 10.7. The summed E-state index contributed by atoms with van der Waals surface area (Å²) in [5, 5.41) is 9.65. The number of aliphatic carboxylic acids is 1. The van der Waals surface area contributed by atoms with E-state index in [2.05, 4.69) is 0 Å². The lowest BCUT2D eigenvalue weighted by Gasteiger charge is -2.13. The van der Waals surface area contributed by atoms with E-state index in [4.69, 9.17) is 11.6 Å². The maximum absolute atomic E-state index is 11.6. The van der Waals surface area contributed by atoms with E-state index >= 15 is 0 Å². The Hall–Kier alpha value is -1.07. The van der Waals surface area contributed by atoms with Crippen LogP contribution in [0, 0.1) is 0 Å². The highest BCUT2D eigenvalue weighted by Crippen LogP contribution is 2.23. The molecule has 4 nitrogen and oxygen atoms in total. The maximum atomic E-state index is 11.6. The quantitative estimate of drug-likeness (QED) is 0.840. The SMILES string of the molecule is CCCS(=O)(=O)CCC(C(=O)O)c1cccc(Cl)c1. The van der Waals surface area contributed by atoms with Gasteiger partial charge in [-0.3, -0.25) is 4.79 Å². The summed E-state index contributed by atoms with van der Waals surface area (Å²) in [4.78, 5) is 11.2. The van der Waals surface area contributed by atoms with Crippen molar-refractivity contribution in [2.45, 2.75) is 25.7 Å². The number of carbonyl (C=O) groups is 1. The van der Waals surface area contributed by atoms with Gasteiger partial charge in [0.15, 0.2) is 0 Å². The van der Waals surface area contributed by atoms with Gasteiger partial charge in [-0.1, -0.05) is 30.7 Å². The van der Waals surface area contributed by atoms with E-state index < -0.39 is 21.7 Å². The summed E-state index contributed by atoms with van der Waals surface area (Å²) < 4.78 is 23.3. The van der Waals surface area contributed by atoms with Crippen molar-refractivity contribution in [2.75, 3.05) is 11.5 Å². The Morgan fingerprint density at radius 1 is 1.37 bits per heavy atom. The van der Waals surface area contributed by atoms with Crippen molar-refractivity contribution in [3.63, 3.8) is 0 Å². The smallest absolute Gasteiger partial charge is 0.311 e. The molecule has 1 unspecified atom stereocenters. The zero-order chi connectivity index (χ0) is 14.5. The van der Waals surface area contributed by atoms with Crippen molar-refractivity contribution in [1.82, 2.24) is 0 Å². The van der Waals surface area contributed by atoms with Gasteiger partial charge in [-0.15, -0.1) is 0 Å². The third kappa shape index (κ3) is 5.20. The molecule has 106 valence electrons. The van der Waals surface area contributed by atoms with E-state index in [1.54, 1.807) is 31.2 Å². The van der Waals surface area contributed by atoms with Gasteiger partial charge in [0.1, 0.15) is 9.84 Å². The highest BCUT2D eigenvalue weighted by molar-refractivity contribution is 7.91. The van der Waals surface area contributed by atoms with Gasteiger partial charge in [-0.25, -0.2) is 8.42 Å². The number of benzene rings is 1. The van der Waals surface area contributed by atoms with E-state index in [9.17, 15) is 18.3 Å². The van der Waals surface area contributed by atoms with Crippen molar-refractivity contribution >= 4 is 27.4 Å². The Morgan fingerprint density at radius 2 is 2.05 bits per heavy atom. The molecular weight excluding hydrogens is 288 g/mol. The number of sulfone groups is 1. The molecule has 1 rings (SSSR count). The molecule has 0 amide bonds. The number of rotatable bonds is 7. The average molecular weight is 305 g/mol. The zero-order valence-corrected chi connectivity index (χ0v) is 12.2. The van der Waals surface area contributed by atoms with Crippen LogP contribution in [0.2, 0.25) is 5.02 Å². The molecule has 0 fully saturated rings. The molecule has 0 saturated carbocycles. The van der Waals surface area contributed by atoms with E-state index in [1.165, 1.54) is 0 Å². The molecule has 1 atom stereocenters. The van der Waals surface area contributed by atoms with Crippen LogP contribution in [0.3, 0.4) is 0 Å². The van der Waals surface area contributed by atoms with Crippen LogP contribution in [0.4, 0.5) is 0 Å². The highest BCUT2D eigenvalue weighted by atomic mass is 35.5. The van der Waals surface area contributed by atoms with Crippen LogP contribution in [0.5, 0.6) is 0 Å². The fourth-order valence-electron chi connectivity index (χ4n) is 1.87. The summed E-state index contributed by atoms with van der Waals surface area (Å²) in [6.07, 6.45) is 0.606. The van der Waals surface area contributed by atoms with E-state index in [0.29, 0.717) is 17.0 Å². The Balaban J connectivity index is 2.83. The number of carboxylic acids is 1. The summed E-state index contributed by atoms with van der Waals surface area (Å²) in [5.74, 6) is -1.90. The van der Waals surface area contributed by atoms with E-state index in [1.807, 2.05) is 0 Å². The molecule has 19 heavy (non-hydrogen) atoms. The van der Waals surface area contributed by atoms with Gasteiger partial charge >= 0.3 is 5.97 Å². The Bertz CT molecular complexity index is 539. The van der Waals surface area contributed by atoms with Crippen molar-refractivity contribution in [3.05, 3.63) is 34.9 Å². The van der Waals surface area contributed by atoms with Gasteiger partial charge in [0.05, 0.1) is 11.7 Å².